The van der Waals surface area contributed by atoms with Crippen LogP contribution in [0.5, 0.6) is 0 Å². The van der Waals surface area contributed by atoms with Gasteiger partial charge in [0.25, 0.3) is 0 Å². The lowest BCUT2D eigenvalue weighted by molar-refractivity contribution is -0.193. The summed E-state index contributed by atoms with van der Waals surface area (Å²) in [6.07, 6.45) is -4.95. The highest BCUT2D eigenvalue weighted by Crippen LogP contribution is 2.26. The SMILES string of the molecule is O=C(O)C(CNC(CO)(CO)CO)C(F)(F)F. The fourth-order valence-corrected chi connectivity index (χ4v) is 0.979. The summed E-state index contributed by atoms with van der Waals surface area (Å²) >= 11 is 0. The predicted molar refractivity (Wildman–Crippen MR) is 49.2 cm³/mol. The second-order valence-electron chi connectivity index (χ2n) is 3.57. The maximum atomic E-state index is 12.2. The highest BCUT2D eigenvalue weighted by atomic mass is 19.4. The summed E-state index contributed by atoms with van der Waals surface area (Å²) < 4.78 is 36.7. The van der Waals surface area contributed by atoms with E-state index in [-0.39, 0.29) is 0 Å². The molecule has 6 nitrogen and oxygen atoms in total. The Balaban J connectivity index is 4.65. The molecule has 0 aromatic heterocycles. The van der Waals surface area contributed by atoms with Crippen LogP contribution in [0.3, 0.4) is 0 Å². The van der Waals surface area contributed by atoms with Crippen LogP contribution in [0.15, 0.2) is 0 Å². The zero-order chi connectivity index (χ0) is 13.7. The lowest BCUT2D eigenvalue weighted by Gasteiger charge is -2.30. The number of aliphatic hydroxyl groups is 3. The zero-order valence-electron chi connectivity index (χ0n) is 8.74. The molecular weight excluding hydrogens is 247 g/mol. The first-order valence-corrected chi connectivity index (χ1v) is 4.59. The number of aliphatic hydroxyl groups excluding tert-OH is 3. The van der Waals surface area contributed by atoms with Crippen LogP contribution in [0.1, 0.15) is 0 Å². The smallest absolute Gasteiger partial charge is 0.403 e. The van der Waals surface area contributed by atoms with Gasteiger partial charge in [-0.15, -0.1) is 0 Å². The van der Waals surface area contributed by atoms with Crippen molar-refractivity contribution < 1.29 is 38.4 Å². The molecule has 0 rings (SSSR count). The van der Waals surface area contributed by atoms with Crippen LogP contribution in [-0.2, 0) is 4.79 Å². The third kappa shape index (κ3) is 4.46. The fourth-order valence-electron chi connectivity index (χ4n) is 0.979. The van der Waals surface area contributed by atoms with Crippen molar-refractivity contribution in [1.29, 1.82) is 0 Å². The van der Waals surface area contributed by atoms with Crippen LogP contribution in [0.25, 0.3) is 0 Å². The van der Waals surface area contributed by atoms with E-state index in [9.17, 15) is 18.0 Å². The van der Waals surface area contributed by atoms with Crippen molar-refractivity contribution >= 4 is 5.97 Å². The van der Waals surface area contributed by atoms with E-state index in [1.807, 2.05) is 5.32 Å². The van der Waals surface area contributed by atoms with Gasteiger partial charge in [0, 0.05) is 6.54 Å². The van der Waals surface area contributed by atoms with E-state index in [1.54, 1.807) is 0 Å². The molecule has 0 bridgehead atoms. The first-order valence-electron chi connectivity index (χ1n) is 4.59. The van der Waals surface area contributed by atoms with Gasteiger partial charge in [-0.2, -0.15) is 13.2 Å². The van der Waals surface area contributed by atoms with Gasteiger partial charge in [-0.05, 0) is 0 Å². The summed E-state index contributed by atoms with van der Waals surface area (Å²) in [5.74, 6) is -4.75. The van der Waals surface area contributed by atoms with E-state index in [0.717, 1.165) is 0 Å². The average Bonchev–Trinajstić information content (AvgIpc) is 2.23. The number of aliphatic carboxylic acids is 1. The summed E-state index contributed by atoms with van der Waals surface area (Å²) in [6, 6.07) is 0. The van der Waals surface area contributed by atoms with E-state index in [2.05, 4.69) is 0 Å². The monoisotopic (exact) mass is 261 g/mol. The van der Waals surface area contributed by atoms with E-state index >= 15 is 0 Å². The number of halogens is 3. The molecule has 0 fully saturated rings. The summed E-state index contributed by atoms with van der Waals surface area (Å²) in [4.78, 5) is 10.4. The minimum atomic E-state index is -4.95. The molecule has 0 spiro atoms. The Bertz CT molecular complexity index is 246. The number of nitrogens with one attached hydrogen (secondary N) is 1. The van der Waals surface area contributed by atoms with E-state index in [1.165, 1.54) is 0 Å². The minimum Gasteiger partial charge on any atom is -0.481 e. The number of rotatable bonds is 7. The third-order valence-electron chi connectivity index (χ3n) is 2.28. The van der Waals surface area contributed by atoms with Crippen molar-refractivity contribution in [2.75, 3.05) is 26.4 Å². The Kier molecular flexibility index (Phi) is 5.82. The van der Waals surface area contributed by atoms with Gasteiger partial charge in [-0.3, -0.25) is 4.79 Å². The summed E-state index contributed by atoms with van der Waals surface area (Å²) in [6.45, 7) is -3.54. The quantitative estimate of drug-likeness (QED) is 0.384. The molecule has 0 aromatic carbocycles. The second kappa shape index (κ2) is 6.15. The number of hydrogen-bond donors (Lipinski definition) is 5. The minimum absolute atomic E-state index is 0.829. The largest absolute Gasteiger partial charge is 0.481 e. The molecule has 102 valence electrons. The Labute approximate surface area is 94.7 Å². The maximum absolute atomic E-state index is 12.2. The summed E-state index contributed by atoms with van der Waals surface area (Å²) in [5.41, 5.74) is -1.74. The summed E-state index contributed by atoms with van der Waals surface area (Å²) in [7, 11) is 0. The highest BCUT2D eigenvalue weighted by Gasteiger charge is 2.46. The molecule has 1 atom stereocenters. The standard InChI is InChI=1S/C8H14F3NO5/c9-8(10,11)5(6(16)17)1-12-7(2-13,3-14)4-15/h5,12-15H,1-4H2,(H,16,17). The van der Waals surface area contributed by atoms with E-state index in [4.69, 9.17) is 20.4 Å². The van der Waals surface area contributed by atoms with Gasteiger partial charge in [0.05, 0.1) is 25.4 Å². The molecule has 1 unspecified atom stereocenters. The van der Waals surface area contributed by atoms with Crippen molar-refractivity contribution in [3.8, 4) is 0 Å². The first kappa shape index (κ1) is 16.1. The second-order valence-corrected chi connectivity index (χ2v) is 3.57. The number of carboxylic acid groups (broad SMARTS) is 1. The van der Waals surface area contributed by atoms with Crippen LogP contribution >= 0.6 is 0 Å². The molecular formula is C8H14F3NO5. The molecule has 9 heteroatoms. The molecule has 17 heavy (non-hydrogen) atoms. The van der Waals surface area contributed by atoms with Crippen LogP contribution < -0.4 is 5.32 Å². The Morgan fingerprint density at radius 3 is 1.76 bits per heavy atom. The van der Waals surface area contributed by atoms with Gasteiger partial charge in [0.15, 0.2) is 5.92 Å². The lowest BCUT2D eigenvalue weighted by atomic mass is 10.0. The van der Waals surface area contributed by atoms with Gasteiger partial charge in [0.2, 0.25) is 0 Å². The Hall–Kier alpha value is -0.900. The van der Waals surface area contributed by atoms with Gasteiger partial charge >= 0.3 is 12.1 Å². The fraction of sp³-hybridized carbons (Fsp3) is 0.875. The predicted octanol–water partition coefficient (Wildman–Crippen LogP) is -1.45. The molecule has 0 aliphatic carbocycles. The van der Waals surface area contributed by atoms with Crippen molar-refractivity contribution in [3.63, 3.8) is 0 Å². The molecule has 0 aromatic rings. The van der Waals surface area contributed by atoms with Crippen molar-refractivity contribution in [1.82, 2.24) is 5.32 Å². The Morgan fingerprint density at radius 1 is 1.12 bits per heavy atom. The van der Waals surface area contributed by atoms with Crippen LogP contribution in [0, 0.1) is 5.92 Å². The lowest BCUT2D eigenvalue weighted by Crippen LogP contribution is -2.57. The molecule has 5 N–H and O–H groups in total. The molecule has 0 aliphatic heterocycles. The van der Waals surface area contributed by atoms with E-state index < -0.39 is 50.0 Å². The molecule has 0 saturated heterocycles. The molecule has 0 saturated carbocycles. The molecule has 0 aliphatic rings. The number of alkyl halides is 3. The summed E-state index contributed by atoms with van der Waals surface area (Å²) in [5, 5.41) is 36.9. The molecule has 0 amide bonds. The first-order chi connectivity index (χ1) is 7.72. The van der Waals surface area contributed by atoms with Crippen LogP contribution in [0.4, 0.5) is 13.2 Å². The van der Waals surface area contributed by atoms with Gasteiger partial charge < -0.3 is 25.7 Å². The highest BCUT2D eigenvalue weighted by molar-refractivity contribution is 5.71. The average molecular weight is 261 g/mol. The van der Waals surface area contributed by atoms with Gasteiger partial charge in [-0.1, -0.05) is 0 Å². The number of hydrogen-bond acceptors (Lipinski definition) is 5. The van der Waals surface area contributed by atoms with Crippen molar-refractivity contribution in [2.45, 2.75) is 11.7 Å². The van der Waals surface area contributed by atoms with Gasteiger partial charge in [0.1, 0.15) is 0 Å². The zero-order valence-corrected chi connectivity index (χ0v) is 8.74. The number of carbonyl (C=O) groups is 1. The topological polar surface area (TPSA) is 110 Å². The van der Waals surface area contributed by atoms with Crippen molar-refractivity contribution in [3.05, 3.63) is 0 Å². The number of carboxylic acids is 1. The Morgan fingerprint density at radius 2 is 1.53 bits per heavy atom. The van der Waals surface area contributed by atoms with E-state index in [0.29, 0.717) is 0 Å². The van der Waals surface area contributed by atoms with Crippen LogP contribution in [-0.4, -0.2) is 64.5 Å². The molecule has 0 heterocycles. The maximum Gasteiger partial charge on any atom is 0.403 e. The molecule has 0 radical (unpaired) electrons. The van der Waals surface area contributed by atoms with Crippen molar-refractivity contribution in [2.24, 2.45) is 5.92 Å². The third-order valence-corrected chi connectivity index (χ3v) is 2.28. The normalized spacial score (nSPS) is 14.7. The van der Waals surface area contributed by atoms with Gasteiger partial charge in [-0.25, -0.2) is 0 Å². The van der Waals surface area contributed by atoms with Crippen LogP contribution in [0.2, 0.25) is 0 Å².